The number of carbonyl (C=O) groups is 2. The summed E-state index contributed by atoms with van der Waals surface area (Å²) < 4.78 is 0. The van der Waals surface area contributed by atoms with Crippen LogP contribution in [0.1, 0.15) is 38.3 Å². The Bertz CT molecular complexity index is 480. The predicted octanol–water partition coefficient (Wildman–Crippen LogP) is 1.98. The summed E-state index contributed by atoms with van der Waals surface area (Å²) in [6, 6.07) is 6.87. The van der Waals surface area contributed by atoms with Crippen molar-refractivity contribution in [1.29, 1.82) is 0 Å². The number of aryl methyl sites for hydroxylation is 1. The van der Waals surface area contributed by atoms with E-state index in [1.807, 2.05) is 45.0 Å². The molecule has 0 aliphatic carbocycles. The monoisotopic (exact) mass is 290 g/mol. The second kappa shape index (κ2) is 7.93. The van der Waals surface area contributed by atoms with E-state index in [4.69, 9.17) is 5.73 Å². The lowest BCUT2D eigenvalue weighted by molar-refractivity contribution is -0.127. The molecule has 1 amide bonds. The van der Waals surface area contributed by atoms with Gasteiger partial charge in [0.25, 0.3) is 0 Å². The van der Waals surface area contributed by atoms with Gasteiger partial charge in [-0.3, -0.25) is 9.59 Å². The third-order valence-corrected chi connectivity index (χ3v) is 3.43. The predicted molar refractivity (Wildman–Crippen MR) is 84.9 cm³/mol. The van der Waals surface area contributed by atoms with E-state index in [2.05, 4.69) is 5.32 Å². The summed E-state index contributed by atoms with van der Waals surface area (Å²) in [5, 5.41) is 2.77. The van der Waals surface area contributed by atoms with Crippen LogP contribution in [-0.4, -0.2) is 23.8 Å². The number of Topliss-reactive ketones (excluding diaryl/α,β-unsaturated/α-hetero) is 1. The topological polar surface area (TPSA) is 72.2 Å². The van der Waals surface area contributed by atoms with Crippen molar-refractivity contribution in [3.8, 4) is 0 Å². The Kier molecular flexibility index (Phi) is 6.56. The fourth-order valence-corrected chi connectivity index (χ4v) is 2.15. The molecule has 0 saturated heterocycles. The van der Waals surface area contributed by atoms with E-state index < -0.39 is 12.1 Å². The average Bonchev–Trinajstić information content (AvgIpc) is 2.39. The molecule has 3 N–H and O–H groups in total. The molecule has 1 rings (SSSR count). The second-order valence-electron chi connectivity index (χ2n) is 6.10. The first-order valence-electron chi connectivity index (χ1n) is 7.41. The van der Waals surface area contributed by atoms with Gasteiger partial charge >= 0.3 is 0 Å². The SMILES string of the molecule is CC(=O)[C@H](Cc1ccc(C)cc1)NC(=O)[C@@H](N)CC(C)C. The van der Waals surface area contributed by atoms with E-state index in [1.165, 1.54) is 12.5 Å². The van der Waals surface area contributed by atoms with Gasteiger partial charge in [0.1, 0.15) is 0 Å². The summed E-state index contributed by atoms with van der Waals surface area (Å²) in [5.74, 6) is 0.0373. The first-order valence-corrected chi connectivity index (χ1v) is 7.41. The van der Waals surface area contributed by atoms with Crippen LogP contribution >= 0.6 is 0 Å². The molecule has 2 atom stereocenters. The summed E-state index contributed by atoms with van der Waals surface area (Å²) in [7, 11) is 0. The molecule has 0 fully saturated rings. The Morgan fingerprint density at radius 3 is 2.24 bits per heavy atom. The van der Waals surface area contributed by atoms with Crippen molar-refractivity contribution in [3.05, 3.63) is 35.4 Å². The van der Waals surface area contributed by atoms with Gasteiger partial charge in [0.05, 0.1) is 12.1 Å². The van der Waals surface area contributed by atoms with Crippen LogP contribution in [0.3, 0.4) is 0 Å². The molecule has 1 aromatic carbocycles. The van der Waals surface area contributed by atoms with Crippen LogP contribution in [0.25, 0.3) is 0 Å². The number of hydrogen-bond donors (Lipinski definition) is 2. The van der Waals surface area contributed by atoms with Crippen LogP contribution in [0.15, 0.2) is 24.3 Å². The second-order valence-corrected chi connectivity index (χ2v) is 6.10. The number of carbonyl (C=O) groups excluding carboxylic acids is 2. The summed E-state index contributed by atoms with van der Waals surface area (Å²) in [5.41, 5.74) is 8.05. The molecule has 0 spiro atoms. The summed E-state index contributed by atoms with van der Waals surface area (Å²) in [6.07, 6.45) is 1.11. The van der Waals surface area contributed by atoms with E-state index >= 15 is 0 Å². The Balaban J connectivity index is 2.67. The van der Waals surface area contributed by atoms with Crippen LogP contribution in [0.5, 0.6) is 0 Å². The standard InChI is InChI=1S/C17H26N2O2/c1-11(2)9-15(18)17(21)19-16(13(4)20)10-14-7-5-12(3)6-8-14/h5-8,11,15-16H,9-10,18H2,1-4H3,(H,19,21)/t15-,16-/m0/s1. The average molecular weight is 290 g/mol. The zero-order valence-electron chi connectivity index (χ0n) is 13.3. The first-order chi connectivity index (χ1) is 9.79. The van der Waals surface area contributed by atoms with Gasteiger partial charge in [-0.2, -0.15) is 0 Å². The lowest BCUT2D eigenvalue weighted by Crippen LogP contribution is -2.49. The number of amides is 1. The van der Waals surface area contributed by atoms with Crippen molar-refractivity contribution in [1.82, 2.24) is 5.32 Å². The number of nitrogens with two attached hydrogens (primary N) is 1. The number of ketones is 1. The molecule has 4 nitrogen and oxygen atoms in total. The molecule has 0 aromatic heterocycles. The maximum Gasteiger partial charge on any atom is 0.237 e. The van der Waals surface area contributed by atoms with Crippen molar-refractivity contribution < 1.29 is 9.59 Å². The Hall–Kier alpha value is -1.68. The normalized spacial score (nSPS) is 13.8. The molecule has 0 bridgehead atoms. The molecule has 0 saturated carbocycles. The van der Waals surface area contributed by atoms with Gasteiger partial charge in [-0.25, -0.2) is 0 Å². The summed E-state index contributed by atoms with van der Waals surface area (Å²) in [4.78, 5) is 23.8. The molecule has 1 aromatic rings. The van der Waals surface area contributed by atoms with E-state index in [0.717, 1.165) is 5.56 Å². The molecule has 0 unspecified atom stereocenters. The largest absolute Gasteiger partial charge is 0.345 e. The minimum atomic E-state index is -0.565. The summed E-state index contributed by atoms with van der Waals surface area (Å²) >= 11 is 0. The van der Waals surface area contributed by atoms with E-state index in [0.29, 0.717) is 18.8 Å². The van der Waals surface area contributed by atoms with Crippen LogP contribution in [0.4, 0.5) is 0 Å². The minimum Gasteiger partial charge on any atom is -0.345 e. The maximum atomic E-state index is 12.0. The van der Waals surface area contributed by atoms with E-state index in [-0.39, 0.29) is 11.7 Å². The van der Waals surface area contributed by atoms with Crippen molar-refractivity contribution in [2.24, 2.45) is 11.7 Å². The molecule has 4 heteroatoms. The van der Waals surface area contributed by atoms with Gasteiger partial charge in [0.15, 0.2) is 5.78 Å². The highest BCUT2D eigenvalue weighted by molar-refractivity contribution is 5.89. The Labute approximate surface area is 127 Å². The fourth-order valence-electron chi connectivity index (χ4n) is 2.15. The molecular weight excluding hydrogens is 264 g/mol. The van der Waals surface area contributed by atoms with Crippen LogP contribution in [0.2, 0.25) is 0 Å². The van der Waals surface area contributed by atoms with Gasteiger partial charge in [-0.05, 0) is 38.2 Å². The molecule has 0 heterocycles. The zero-order valence-corrected chi connectivity index (χ0v) is 13.3. The highest BCUT2D eigenvalue weighted by Gasteiger charge is 2.22. The maximum absolute atomic E-state index is 12.0. The van der Waals surface area contributed by atoms with Crippen molar-refractivity contribution in [3.63, 3.8) is 0 Å². The zero-order chi connectivity index (χ0) is 16.0. The first kappa shape index (κ1) is 17.4. The van der Waals surface area contributed by atoms with Crippen LogP contribution in [0, 0.1) is 12.8 Å². The van der Waals surface area contributed by atoms with Crippen LogP contribution in [-0.2, 0) is 16.0 Å². The lowest BCUT2D eigenvalue weighted by Gasteiger charge is -2.20. The van der Waals surface area contributed by atoms with Crippen molar-refractivity contribution in [2.75, 3.05) is 0 Å². The van der Waals surface area contributed by atoms with Crippen LogP contribution < -0.4 is 11.1 Å². The van der Waals surface area contributed by atoms with Gasteiger partial charge in [-0.1, -0.05) is 43.7 Å². The molecule has 0 aliphatic rings. The lowest BCUT2D eigenvalue weighted by atomic mass is 10.00. The summed E-state index contributed by atoms with van der Waals surface area (Å²) in [6.45, 7) is 7.54. The third kappa shape index (κ3) is 6.08. The molecule has 21 heavy (non-hydrogen) atoms. The number of hydrogen-bond acceptors (Lipinski definition) is 3. The number of nitrogens with one attached hydrogen (secondary N) is 1. The van der Waals surface area contributed by atoms with Crippen molar-refractivity contribution in [2.45, 2.75) is 52.6 Å². The number of benzene rings is 1. The molecular formula is C17H26N2O2. The minimum absolute atomic E-state index is 0.0549. The smallest absolute Gasteiger partial charge is 0.237 e. The number of rotatable bonds is 7. The van der Waals surface area contributed by atoms with Crippen molar-refractivity contribution >= 4 is 11.7 Å². The highest BCUT2D eigenvalue weighted by atomic mass is 16.2. The quantitative estimate of drug-likeness (QED) is 0.806. The fraction of sp³-hybridized carbons (Fsp3) is 0.529. The van der Waals surface area contributed by atoms with E-state index in [1.54, 1.807) is 0 Å². The molecule has 116 valence electrons. The van der Waals surface area contributed by atoms with Gasteiger partial charge in [-0.15, -0.1) is 0 Å². The Morgan fingerprint density at radius 1 is 1.19 bits per heavy atom. The van der Waals surface area contributed by atoms with Gasteiger partial charge < -0.3 is 11.1 Å². The molecule has 0 aliphatic heterocycles. The highest BCUT2D eigenvalue weighted by Crippen LogP contribution is 2.08. The van der Waals surface area contributed by atoms with Gasteiger partial charge in [0.2, 0.25) is 5.91 Å². The Morgan fingerprint density at radius 2 is 1.76 bits per heavy atom. The van der Waals surface area contributed by atoms with Gasteiger partial charge in [0, 0.05) is 0 Å². The third-order valence-electron chi connectivity index (χ3n) is 3.43. The van der Waals surface area contributed by atoms with E-state index in [9.17, 15) is 9.59 Å². The molecule has 0 radical (unpaired) electrons.